The first-order valence-corrected chi connectivity index (χ1v) is 5.01. The molecular weight excluding hydrogens is 275 g/mol. The van der Waals surface area contributed by atoms with Crippen LogP contribution in [0.5, 0.6) is 0 Å². The Balaban J connectivity index is 3.57. The number of carbonyl (C=O) groups excluding carboxylic acids is 1. The second-order valence-corrected chi connectivity index (χ2v) is 3.36. The van der Waals surface area contributed by atoms with Gasteiger partial charge in [-0.25, -0.2) is 18.6 Å². The van der Waals surface area contributed by atoms with Crippen molar-refractivity contribution in [2.24, 2.45) is 0 Å². The van der Waals surface area contributed by atoms with E-state index >= 15 is 0 Å². The van der Waals surface area contributed by atoms with Crippen LogP contribution in [0.3, 0.4) is 0 Å². The number of halogens is 5. The third kappa shape index (κ3) is 3.09. The number of ether oxygens (including phenoxy) is 1. The minimum absolute atomic E-state index is 0.204. The minimum Gasteiger partial charge on any atom is -0.462 e. The molecule has 0 aliphatic carbocycles. The number of nitrogen functional groups attached to an aromatic ring is 1. The third-order valence-corrected chi connectivity index (χ3v) is 2.14. The van der Waals surface area contributed by atoms with E-state index in [1.54, 1.807) is 0 Å². The number of nitrogens with zero attached hydrogens (tertiary/aromatic N) is 1. The van der Waals surface area contributed by atoms with Crippen molar-refractivity contribution in [1.82, 2.24) is 4.98 Å². The average molecular weight is 284 g/mol. The van der Waals surface area contributed by atoms with Crippen molar-refractivity contribution in [2.75, 3.05) is 12.3 Å². The highest BCUT2D eigenvalue weighted by Crippen LogP contribution is 2.40. The average Bonchev–Trinajstić information content (AvgIpc) is 2.26. The molecule has 0 bridgehead atoms. The summed E-state index contributed by atoms with van der Waals surface area (Å²) in [6.45, 7) is 1.16. The molecule has 19 heavy (non-hydrogen) atoms. The first kappa shape index (κ1) is 15.1. The van der Waals surface area contributed by atoms with Crippen LogP contribution in [0.15, 0.2) is 6.20 Å². The molecule has 0 saturated carbocycles. The smallest absolute Gasteiger partial charge is 0.417 e. The van der Waals surface area contributed by atoms with Crippen molar-refractivity contribution in [3.05, 3.63) is 22.9 Å². The Labute approximate surface area is 104 Å². The summed E-state index contributed by atoms with van der Waals surface area (Å²) in [4.78, 5) is 14.5. The topological polar surface area (TPSA) is 65.2 Å². The van der Waals surface area contributed by atoms with Crippen molar-refractivity contribution >= 4 is 11.8 Å². The normalized spacial score (nSPS) is 11.7. The van der Waals surface area contributed by atoms with Gasteiger partial charge < -0.3 is 10.5 Å². The fraction of sp³-hybridized carbons (Fsp3) is 0.400. The molecule has 0 spiro atoms. The Morgan fingerprint density at radius 2 is 2.05 bits per heavy atom. The van der Waals surface area contributed by atoms with E-state index in [9.17, 15) is 26.7 Å². The van der Waals surface area contributed by atoms with Gasteiger partial charge in [0.2, 0.25) is 0 Å². The van der Waals surface area contributed by atoms with Gasteiger partial charge in [0.25, 0.3) is 6.43 Å². The van der Waals surface area contributed by atoms with Crippen LogP contribution in [-0.4, -0.2) is 17.6 Å². The van der Waals surface area contributed by atoms with Gasteiger partial charge in [0.1, 0.15) is 5.82 Å². The molecule has 0 aromatic carbocycles. The van der Waals surface area contributed by atoms with Crippen LogP contribution in [0.1, 0.15) is 34.8 Å². The number of esters is 1. The first-order valence-electron chi connectivity index (χ1n) is 5.01. The fourth-order valence-electron chi connectivity index (χ4n) is 1.43. The summed E-state index contributed by atoms with van der Waals surface area (Å²) in [6, 6.07) is 0. The highest BCUT2D eigenvalue weighted by molar-refractivity contribution is 5.92. The predicted octanol–water partition coefficient (Wildman–Crippen LogP) is 2.80. The van der Waals surface area contributed by atoms with Crippen molar-refractivity contribution in [2.45, 2.75) is 19.5 Å². The molecule has 1 aromatic heterocycles. The quantitative estimate of drug-likeness (QED) is 0.684. The minimum atomic E-state index is -5.18. The Morgan fingerprint density at radius 3 is 2.47 bits per heavy atom. The number of alkyl halides is 5. The molecule has 106 valence electrons. The lowest BCUT2D eigenvalue weighted by atomic mass is 10.0. The van der Waals surface area contributed by atoms with Gasteiger partial charge >= 0.3 is 12.1 Å². The van der Waals surface area contributed by atoms with Crippen LogP contribution >= 0.6 is 0 Å². The Hall–Kier alpha value is -1.93. The van der Waals surface area contributed by atoms with Gasteiger partial charge in [0.15, 0.2) is 0 Å². The van der Waals surface area contributed by atoms with E-state index in [4.69, 9.17) is 5.73 Å². The van der Waals surface area contributed by atoms with E-state index in [2.05, 4.69) is 9.72 Å². The lowest BCUT2D eigenvalue weighted by Gasteiger charge is -2.17. The van der Waals surface area contributed by atoms with Gasteiger partial charge in [-0.3, -0.25) is 0 Å². The van der Waals surface area contributed by atoms with Gasteiger partial charge in [0, 0.05) is 6.20 Å². The lowest BCUT2D eigenvalue weighted by molar-refractivity contribution is -0.140. The predicted molar refractivity (Wildman–Crippen MR) is 54.6 cm³/mol. The summed E-state index contributed by atoms with van der Waals surface area (Å²) in [5, 5.41) is 0. The number of nitrogens with two attached hydrogens (primary N) is 1. The van der Waals surface area contributed by atoms with Gasteiger partial charge in [-0.15, -0.1) is 0 Å². The molecule has 2 N–H and O–H groups in total. The Kier molecular flexibility index (Phi) is 4.28. The maximum atomic E-state index is 12.8. The third-order valence-electron chi connectivity index (χ3n) is 2.14. The number of anilines is 1. The first-order chi connectivity index (χ1) is 8.70. The molecule has 4 nitrogen and oxygen atoms in total. The zero-order chi connectivity index (χ0) is 14.8. The van der Waals surface area contributed by atoms with Crippen LogP contribution < -0.4 is 5.73 Å². The number of carbonyl (C=O) groups is 1. The van der Waals surface area contributed by atoms with E-state index in [0.29, 0.717) is 6.20 Å². The number of hydrogen-bond acceptors (Lipinski definition) is 4. The summed E-state index contributed by atoms with van der Waals surface area (Å²) in [7, 11) is 0. The van der Waals surface area contributed by atoms with E-state index in [1.165, 1.54) is 6.92 Å². The number of hydrogen-bond donors (Lipinski definition) is 1. The molecule has 9 heteroatoms. The lowest BCUT2D eigenvalue weighted by Crippen LogP contribution is -2.20. The van der Waals surface area contributed by atoms with E-state index < -0.39 is 41.1 Å². The Bertz CT molecular complexity index is 488. The van der Waals surface area contributed by atoms with E-state index in [1.807, 2.05) is 0 Å². The molecule has 0 amide bonds. The molecule has 1 aromatic rings. The summed E-state index contributed by atoms with van der Waals surface area (Å²) in [5.41, 5.74) is 0.607. The van der Waals surface area contributed by atoms with Crippen LogP contribution in [0.25, 0.3) is 0 Å². The zero-order valence-electron chi connectivity index (χ0n) is 9.59. The number of pyridine rings is 1. The number of rotatable bonds is 3. The summed E-state index contributed by atoms with van der Waals surface area (Å²) < 4.78 is 68.2. The highest BCUT2D eigenvalue weighted by Gasteiger charge is 2.42. The fourth-order valence-corrected chi connectivity index (χ4v) is 1.43. The van der Waals surface area contributed by atoms with Gasteiger partial charge in [-0.05, 0) is 6.92 Å². The summed E-state index contributed by atoms with van der Waals surface area (Å²) >= 11 is 0. The van der Waals surface area contributed by atoms with Crippen molar-refractivity contribution < 1.29 is 31.5 Å². The summed E-state index contributed by atoms with van der Waals surface area (Å²) in [5.74, 6) is -2.36. The number of aromatic nitrogens is 1. The zero-order valence-corrected chi connectivity index (χ0v) is 9.59. The second-order valence-electron chi connectivity index (χ2n) is 3.36. The van der Waals surface area contributed by atoms with Crippen molar-refractivity contribution in [3.63, 3.8) is 0 Å². The molecule has 0 saturated heterocycles. The van der Waals surface area contributed by atoms with Gasteiger partial charge in [0.05, 0.1) is 23.3 Å². The SMILES string of the molecule is CCOC(=O)c1cnc(N)c(C(F)F)c1C(F)(F)F. The standard InChI is InChI=1S/C10H9F5N2O2/c1-2-19-9(18)4-3-17-8(16)5(7(11)12)6(4)10(13,14)15/h3,7H,2H2,1H3,(H2,16,17). The monoisotopic (exact) mass is 284 g/mol. The molecule has 0 unspecified atom stereocenters. The van der Waals surface area contributed by atoms with Crippen LogP contribution in [0.2, 0.25) is 0 Å². The second kappa shape index (κ2) is 5.37. The maximum Gasteiger partial charge on any atom is 0.417 e. The molecule has 0 fully saturated rings. The molecule has 0 aliphatic heterocycles. The van der Waals surface area contributed by atoms with E-state index in [-0.39, 0.29) is 6.61 Å². The largest absolute Gasteiger partial charge is 0.462 e. The summed E-state index contributed by atoms with van der Waals surface area (Å²) in [6.07, 6.45) is -8.22. The van der Waals surface area contributed by atoms with Gasteiger partial charge in [-0.2, -0.15) is 13.2 Å². The van der Waals surface area contributed by atoms with Crippen molar-refractivity contribution in [3.8, 4) is 0 Å². The molecule has 0 atom stereocenters. The molecule has 1 rings (SSSR count). The molecular formula is C10H9F5N2O2. The Morgan fingerprint density at radius 1 is 1.47 bits per heavy atom. The highest BCUT2D eigenvalue weighted by atomic mass is 19.4. The molecule has 0 radical (unpaired) electrons. The molecule has 1 heterocycles. The van der Waals surface area contributed by atoms with Crippen LogP contribution in [0, 0.1) is 0 Å². The van der Waals surface area contributed by atoms with E-state index in [0.717, 1.165) is 0 Å². The molecule has 0 aliphatic rings. The van der Waals surface area contributed by atoms with Crippen molar-refractivity contribution in [1.29, 1.82) is 0 Å². The maximum absolute atomic E-state index is 12.8. The van der Waals surface area contributed by atoms with Crippen LogP contribution in [0.4, 0.5) is 27.8 Å². The van der Waals surface area contributed by atoms with Gasteiger partial charge in [-0.1, -0.05) is 0 Å². The van der Waals surface area contributed by atoms with Crippen LogP contribution in [-0.2, 0) is 10.9 Å².